The molecule has 4 aromatic heterocycles. The third-order valence-electron chi connectivity index (χ3n) is 5.30. The minimum atomic E-state index is -0.158. The monoisotopic (exact) mass is 463 g/mol. The Hall–Kier alpha value is -3.50. The lowest BCUT2D eigenvalue weighted by atomic mass is 10.2. The molecule has 0 spiro atoms. The maximum absolute atomic E-state index is 6.33. The number of ether oxygens (including phenoxy) is 2. The molecule has 5 heterocycles. The van der Waals surface area contributed by atoms with Crippen LogP contribution in [0.3, 0.4) is 0 Å². The van der Waals surface area contributed by atoms with E-state index in [2.05, 4.69) is 32.2 Å². The molecule has 0 bridgehead atoms. The van der Waals surface area contributed by atoms with Crippen LogP contribution in [-0.4, -0.2) is 50.1 Å². The first kappa shape index (κ1) is 21.4. The number of aryl methyl sites for hydroxylation is 2. The number of aromatic nitrogens is 5. The van der Waals surface area contributed by atoms with Gasteiger partial charge in [-0.1, -0.05) is 0 Å². The van der Waals surface area contributed by atoms with Crippen LogP contribution in [0.2, 0.25) is 0 Å². The maximum atomic E-state index is 6.33. The van der Waals surface area contributed by atoms with Gasteiger partial charge in [0.15, 0.2) is 6.10 Å². The molecule has 4 aromatic rings. The lowest BCUT2D eigenvalue weighted by molar-refractivity contribution is 0.159. The van der Waals surface area contributed by atoms with Gasteiger partial charge in [-0.05, 0) is 45.2 Å². The van der Waals surface area contributed by atoms with E-state index in [9.17, 15) is 0 Å². The van der Waals surface area contributed by atoms with Gasteiger partial charge in [0, 0.05) is 35.9 Å². The summed E-state index contributed by atoms with van der Waals surface area (Å²) in [6, 6.07) is 7.79. The smallest absolute Gasteiger partial charge is 0.240 e. The van der Waals surface area contributed by atoms with Crippen molar-refractivity contribution in [2.75, 3.05) is 26.0 Å². The SMILES string of the molecule is COc1nc(Nc2ccc3c(n2)OC(c2nc(C)cs2)CN(C)C3)ccc1-n1cnc(C)c1. The zero-order chi connectivity index (χ0) is 22.9. The van der Waals surface area contributed by atoms with Crippen molar-refractivity contribution in [2.24, 2.45) is 0 Å². The summed E-state index contributed by atoms with van der Waals surface area (Å²) in [5.74, 6) is 2.37. The molecule has 0 saturated heterocycles. The molecule has 0 saturated carbocycles. The highest BCUT2D eigenvalue weighted by molar-refractivity contribution is 7.09. The van der Waals surface area contributed by atoms with E-state index in [0.717, 1.165) is 40.7 Å². The number of hydrogen-bond acceptors (Lipinski definition) is 9. The van der Waals surface area contributed by atoms with Crippen LogP contribution < -0.4 is 14.8 Å². The Morgan fingerprint density at radius 2 is 1.91 bits per heavy atom. The predicted molar refractivity (Wildman–Crippen MR) is 127 cm³/mol. The number of hydrogen-bond donors (Lipinski definition) is 1. The Labute approximate surface area is 196 Å². The van der Waals surface area contributed by atoms with Crippen molar-refractivity contribution >= 4 is 23.0 Å². The summed E-state index contributed by atoms with van der Waals surface area (Å²) in [6.45, 7) is 5.44. The van der Waals surface area contributed by atoms with E-state index in [1.807, 2.05) is 54.3 Å². The molecule has 1 atom stereocenters. The normalized spacial score (nSPS) is 16.1. The van der Waals surface area contributed by atoms with Gasteiger partial charge in [-0.3, -0.25) is 4.90 Å². The molecular formula is C23H25N7O2S. The summed E-state index contributed by atoms with van der Waals surface area (Å²) in [7, 11) is 3.68. The van der Waals surface area contributed by atoms with Crippen molar-refractivity contribution in [1.82, 2.24) is 29.4 Å². The zero-order valence-corrected chi connectivity index (χ0v) is 19.8. The molecule has 170 valence electrons. The Balaban J connectivity index is 1.40. The Kier molecular flexibility index (Phi) is 5.69. The first-order chi connectivity index (χ1) is 16.0. The van der Waals surface area contributed by atoms with Gasteiger partial charge in [0.1, 0.15) is 22.3 Å². The number of thiazole rings is 1. The molecule has 33 heavy (non-hydrogen) atoms. The van der Waals surface area contributed by atoms with Crippen LogP contribution in [-0.2, 0) is 6.54 Å². The molecule has 1 N–H and O–H groups in total. The molecule has 0 aromatic carbocycles. The largest absolute Gasteiger partial charge is 0.479 e. The minimum absolute atomic E-state index is 0.158. The van der Waals surface area contributed by atoms with E-state index in [1.54, 1.807) is 24.8 Å². The van der Waals surface area contributed by atoms with E-state index in [4.69, 9.17) is 14.5 Å². The number of pyridine rings is 2. The summed E-state index contributed by atoms with van der Waals surface area (Å²) in [4.78, 5) is 20.5. The van der Waals surface area contributed by atoms with Crippen molar-refractivity contribution in [1.29, 1.82) is 0 Å². The molecule has 1 unspecified atom stereocenters. The first-order valence-corrected chi connectivity index (χ1v) is 11.5. The quantitative estimate of drug-likeness (QED) is 0.474. The summed E-state index contributed by atoms with van der Waals surface area (Å²) in [5.41, 5.74) is 3.77. The Bertz CT molecular complexity index is 1290. The summed E-state index contributed by atoms with van der Waals surface area (Å²) in [5, 5.41) is 6.28. The number of likely N-dealkylation sites (N-methyl/N-ethyl adjacent to an activating group) is 1. The lowest BCUT2D eigenvalue weighted by Crippen LogP contribution is -2.24. The maximum Gasteiger partial charge on any atom is 0.240 e. The molecule has 0 amide bonds. The van der Waals surface area contributed by atoms with Gasteiger partial charge in [0.25, 0.3) is 0 Å². The van der Waals surface area contributed by atoms with Gasteiger partial charge in [0.2, 0.25) is 11.8 Å². The average molecular weight is 464 g/mol. The zero-order valence-electron chi connectivity index (χ0n) is 18.9. The van der Waals surface area contributed by atoms with Crippen LogP contribution in [0.15, 0.2) is 42.2 Å². The molecule has 9 nitrogen and oxygen atoms in total. The highest BCUT2D eigenvalue weighted by atomic mass is 32.1. The van der Waals surface area contributed by atoms with E-state index in [0.29, 0.717) is 23.4 Å². The van der Waals surface area contributed by atoms with Gasteiger partial charge >= 0.3 is 0 Å². The van der Waals surface area contributed by atoms with Gasteiger partial charge in [0.05, 0.1) is 19.1 Å². The average Bonchev–Trinajstić information content (AvgIpc) is 3.39. The van der Waals surface area contributed by atoms with E-state index < -0.39 is 0 Å². The van der Waals surface area contributed by atoms with Crippen LogP contribution in [0.25, 0.3) is 5.69 Å². The van der Waals surface area contributed by atoms with Crippen molar-refractivity contribution in [3.63, 3.8) is 0 Å². The molecular weight excluding hydrogens is 438 g/mol. The third-order valence-corrected chi connectivity index (χ3v) is 6.36. The van der Waals surface area contributed by atoms with Gasteiger partial charge in [-0.15, -0.1) is 11.3 Å². The number of methoxy groups -OCH3 is 1. The molecule has 0 fully saturated rings. The van der Waals surface area contributed by atoms with Gasteiger partial charge in [-0.2, -0.15) is 9.97 Å². The van der Waals surface area contributed by atoms with Crippen molar-refractivity contribution in [3.8, 4) is 17.4 Å². The van der Waals surface area contributed by atoms with Crippen LogP contribution in [0.1, 0.15) is 28.1 Å². The van der Waals surface area contributed by atoms with Crippen LogP contribution in [0.5, 0.6) is 11.8 Å². The van der Waals surface area contributed by atoms with E-state index in [1.165, 1.54) is 0 Å². The summed E-state index contributed by atoms with van der Waals surface area (Å²) < 4.78 is 13.7. The number of nitrogens with one attached hydrogen (secondary N) is 1. The third kappa shape index (κ3) is 4.53. The molecule has 1 aliphatic heterocycles. The number of nitrogens with zero attached hydrogens (tertiary/aromatic N) is 6. The van der Waals surface area contributed by atoms with Crippen LogP contribution in [0.4, 0.5) is 11.6 Å². The topological polar surface area (TPSA) is 90.2 Å². The Morgan fingerprint density at radius 1 is 1.09 bits per heavy atom. The molecule has 0 aliphatic carbocycles. The van der Waals surface area contributed by atoms with Crippen molar-refractivity contribution < 1.29 is 9.47 Å². The Morgan fingerprint density at radius 3 is 2.64 bits per heavy atom. The standard InChI is InChI=1S/C23H25N7O2S/c1-14-9-30(13-24-14)17-6-8-20(28-22(17)31-4)26-19-7-5-16-10-29(3)11-18(32-21(16)27-19)23-25-15(2)12-33-23/h5-9,12-13,18H,10-11H2,1-4H3,(H,26,27,28). The van der Waals surface area contributed by atoms with Crippen LogP contribution in [0, 0.1) is 13.8 Å². The molecule has 5 rings (SSSR count). The van der Waals surface area contributed by atoms with Gasteiger partial charge in [-0.25, -0.2) is 9.97 Å². The molecule has 0 radical (unpaired) electrons. The number of imidazole rings is 1. The summed E-state index contributed by atoms with van der Waals surface area (Å²) >= 11 is 1.62. The van der Waals surface area contributed by atoms with E-state index >= 15 is 0 Å². The first-order valence-electron chi connectivity index (χ1n) is 10.6. The molecule has 10 heteroatoms. The molecule has 1 aliphatic rings. The number of rotatable bonds is 5. The second-order valence-corrected chi connectivity index (χ2v) is 8.95. The van der Waals surface area contributed by atoms with Gasteiger partial charge < -0.3 is 19.4 Å². The number of anilines is 2. The summed E-state index contributed by atoms with van der Waals surface area (Å²) in [6.07, 6.45) is 3.51. The highest BCUT2D eigenvalue weighted by Gasteiger charge is 2.26. The predicted octanol–water partition coefficient (Wildman–Crippen LogP) is 4.05. The minimum Gasteiger partial charge on any atom is -0.479 e. The fourth-order valence-corrected chi connectivity index (χ4v) is 4.57. The van der Waals surface area contributed by atoms with Crippen LogP contribution >= 0.6 is 11.3 Å². The van der Waals surface area contributed by atoms with E-state index in [-0.39, 0.29) is 6.10 Å². The second-order valence-electron chi connectivity index (χ2n) is 8.06. The fraction of sp³-hybridized carbons (Fsp3) is 0.304. The lowest BCUT2D eigenvalue weighted by Gasteiger charge is -2.17. The second kappa shape index (κ2) is 8.80. The number of fused-ring (bicyclic) bond motifs is 1. The fourth-order valence-electron chi connectivity index (χ4n) is 3.75. The van der Waals surface area contributed by atoms with Crippen molar-refractivity contribution in [2.45, 2.75) is 26.5 Å². The highest BCUT2D eigenvalue weighted by Crippen LogP contribution is 2.32. The van der Waals surface area contributed by atoms with Crippen molar-refractivity contribution in [3.05, 3.63) is 64.1 Å².